The van der Waals surface area contributed by atoms with Crippen LogP contribution in [0.5, 0.6) is 0 Å². The van der Waals surface area contributed by atoms with Gasteiger partial charge in [-0.2, -0.15) is 11.3 Å². The molecule has 394 valence electrons. The molecule has 3 aliphatic carbocycles. The first-order valence-electron chi connectivity index (χ1n) is 29.4. The Hall–Kier alpha value is -6.30. The van der Waals surface area contributed by atoms with Gasteiger partial charge in [-0.15, -0.1) is 0 Å². The van der Waals surface area contributed by atoms with E-state index in [0.29, 0.717) is 0 Å². The number of rotatable bonds is 5. The molecule has 0 saturated heterocycles. The van der Waals surface area contributed by atoms with Crippen LogP contribution < -0.4 is 30.4 Å². The summed E-state index contributed by atoms with van der Waals surface area (Å²) < 4.78 is 1.50. The van der Waals surface area contributed by atoms with Crippen molar-refractivity contribution in [1.29, 1.82) is 0 Å². The second-order valence-corrected chi connectivity index (χ2v) is 30.0. The minimum Gasteiger partial charge on any atom is -0.311 e. The summed E-state index contributed by atoms with van der Waals surface area (Å²) in [6.45, 7) is 35.2. The lowest BCUT2D eigenvalue weighted by molar-refractivity contribution is 0.311. The molecule has 3 aliphatic heterocycles. The number of para-hydroxylation sites is 2. The number of nitrogens with zero attached hydrogens (tertiary/aromatic N) is 3. The smallest absolute Gasteiger partial charge is 0.264 e. The first-order chi connectivity index (χ1) is 36.9. The van der Waals surface area contributed by atoms with Gasteiger partial charge in [0.15, 0.2) is 0 Å². The Kier molecular flexibility index (Phi) is 10.5. The molecule has 0 radical (unpaired) electrons. The molecule has 0 fully saturated rings. The molecule has 1 atom stereocenters. The van der Waals surface area contributed by atoms with Crippen molar-refractivity contribution in [3.05, 3.63) is 189 Å². The molecular formula is C73H78BN3S. The van der Waals surface area contributed by atoms with Crippen molar-refractivity contribution in [2.75, 3.05) is 14.7 Å². The molecule has 0 N–H and O–H groups in total. The number of benzene rings is 7. The molecule has 0 amide bonds. The quantitative estimate of drug-likeness (QED) is 0.159. The van der Waals surface area contributed by atoms with Crippen LogP contribution in [0.15, 0.2) is 146 Å². The van der Waals surface area contributed by atoms with Crippen LogP contribution in [-0.4, -0.2) is 6.71 Å². The number of hydrogen-bond acceptors (Lipinski definition) is 4. The minimum atomic E-state index is -0.183. The van der Waals surface area contributed by atoms with Gasteiger partial charge in [-0.1, -0.05) is 188 Å². The van der Waals surface area contributed by atoms with Gasteiger partial charge in [0.25, 0.3) is 6.71 Å². The lowest BCUT2D eigenvalue weighted by atomic mass is 9.35. The highest BCUT2D eigenvalue weighted by Crippen LogP contribution is 2.66. The third kappa shape index (κ3) is 6.94. The first kappa shape index (κ1) is 50.0. The van der Waals surface area contributed by atoms with Gasteiger partial charge < -0.3 is 14.7 Å². The van der Waals surface area contributed by atoms with Gasteiger partial charge in [0.1, 0.15) is 0 Å². The summed E-state index contributed by atoms with van der Waals surface area (Å²) in [6, 6.07) is 56.6. The Morgan fingerprint density at radius 1 is 0.449 bits per heavy atom. The fourth-order valence-corrected chi connectivity index (χ4v) is 17.5. The summed E-state index contributed by atoms with van der Waals surface area (Å²) in [6.07, 6.45) is 6.94. The van der Waals surface area contributed by atoms with E-state index in [1.165, 1.54) is 84.9 Å². The van der Waals surface area contributed by atoms with Gasteiger partial charge >= 0.3 is 0 Å². The summed E-state index contributed by atoms with van der Waals surface area (Å²) in [4.78, 5) is 9.76. The van der Waals surface area contributed by atoms with E-state index in [1.807, 2.05) is 0 Å². The fraction of sp³-hybridized carbons (Fsp3) is 0.370. The molecule has 5 heteroatoms. The lowest BCUT2D eigenvalue weighted by Crippen LogP contribution is -2.62. The Bertz CT molecular complexity index is 3760. The predicted octanol–water partition coefficient (Wildman–Crippen LogP) is 18.7. The van der Waals surface area contributed by atoms with Gasteiger partial charge in [-0.3, -0.25) is 0 Å². The highest BCUT2D eigenvalue weighted by atomic mass is 32.1. The lowest BCUT2D eigenvalue weighted by Gasteiger charge is -2.56. The molecular weight excluding hydrogens is 962 g/mol. The maximum absolute atomic E-state index is 2.85. The third-order valence-electron chi connectivity index (χ3n) is 20.5. The largest absolute Gasteiger partial charge is 0.311 e. The van der Waals surface area contributed by atoms with Crippen LogP contribution >= 0.6 is 11.3 Å². The van der Waals surface area contributed by atoms with E-state index in [9.17, 15) is 0 Å². The van der Waals surface area contributed by atoms with Gasteiger partial charge in [-0.25, -0.2) is 0 Å². The highest BCUT2D eigenvalue weighted by Gasteiger charge is 2.57. The average molecular weight is 1040 g/mol. The van der Waals surface area contributed by atoms with E-state index in [4.69, 9.17) is 0 Å². The molecule has 3 nitrogen and oxygen atoms in total. The summed E-state index contributed by atoms with van der Waals surface area (Å²) in [5, 5.41) is 0. The molecule has 78 heavy (non-hydrogen) atoms. The molecule has 4 heterocycles. The zero-order valence-corrected chi connectivity index (χ0v) is 49.7. The van der Waals surface area contributed by atoms with Gasteiger partial charge in [-0.05, 0) is 181 Å². The monoisotopic (exact) mass is 1040 g/mol. The molecule has 0 bridgehead atoms. The molecule has 1 unspecified atom stereocenters. The standard InChI is InChI=1S/C73H78BN3S/c1-67(2,3)46-30-34-54(50(42-46)45-24-18-15-19-25-45)76-56-43-49(75(47-26-20-16-21-27-47)48-28-22-17-23-29-48)44-57-62(56)74(66-64(76)61-65(78-66)72(12,13)39-38-71(61,10)11)53-33-31-52-59-63(53)77(57)55-35-32-51-58(70(8,9)37-36-68(51,4)5)60(55)73(59,14)41-40-69(52,6)7/h15-35,42-44H,36-41H2,1-14H3. The van der Waals surface area contributed by atoms with Crippen LogP contribution in [0.3, 0.4) is 0 Å². The SMILES string of the molecule is CC(C)(C)c1ccc(N2c3cc(N(c4ccccc4)c4ccccc4)cc4c3B(c3ccc5c6c3N4c3ccc4c(c3C6(C)CCC5(C)C)C(C)(C)CCC4(C)C)c3sc4c(c32)C(C)(C)CCC4(C)C)c(-c2ccccc2)c1. The molecule has 6 aliphatic rings. The van der Waals surface area contributed by atoms with Crippen molar-refractivity contribution >= 4 is 84.9 Å². The normalized spacial score (nSPS) is 20.9. The number of anilines is 9. The van der Waals surface area contributed by atoms with Crippen molar-refractivity contribution in [1.82, 2.24) is 0 Å². The van der Waals surface area contributed by atoms with Crippen LogP contribution in [0.25, 0.3) is 11.1 Å². The van der Waals surface area contributed by atoms with E-state index in [0.717, 1.165) is 42.7 Å². The Morgan fingerprint density at radius 3 is 1.58 bits per heavy atom. The topological polar surface area (TPSA) is 9.72 Å². The minimum absolute atomic E-state index is 0.00681. The number of thiophene rings is 1. The van der Waals surface area contributed by atoms with Crippen molar-refractivity contribution in [2.45, 2.75) is 173 Å². The van der Waals surface area contributed by atoms with Crippen LogP contribution in [0.1, 0.15) is 179 Å². The first-order valence-corrected chi connectivity index (χ1v) is 30.2. The van der Waals surface area contributed by atoms with E-state index < -0.39 is 0 Å². The van der Waals surface area contributed by atoms with Crippen LogP contribution in [0.2, 0.25) is 0 Å². The van der Waals surface area contributed by atoms with Gasteiger partial charge in [0, 0.05) is 49.1 Å². The average Bonchev–Trinajstić information content (AvgIpc) is 2.53. The Labute approximate surface area is 470 Å². The van der Waals surface area contributed by atoms with Crippen LogP contribution in [0.4, 0.5) is 51.2 Å². The summed E-state index contributed by atoms with van der Waals surface area (Å²) >= 11 is 2.15. The summed E-state index contributed by atoms with van der Waals surface area (Å²) in [5.74, 6) is 0. The molecule has 7 aromatic carbocycles. The van der Waals surface area contributed by atoms with Crippen LogP contribution in [0, 0.1) is 0 Å². The van der Waals surface area contributed by atoms with Gasteiger partial charge in [0.05, 0.1) is 22.7 Å². The van der Waals surface area contributed by atoms with Gasteiger partial charge in [0.2, 0.25) is 0 Å². The fourth-order valence-electron chi connectivity index (χ4n) is 15.8. The summed E-state index contributed by atoms with van der Waals surface area (Å²) in [5.41, 5.74) is 27.4. The Morgan fingerprint density at radius 2 is 0.962 bits per heavy atom. The van der Waals surface area contributed by atoms with Crippen molar-refractivity contribution < 1.29 is 0 Å². The molecule has 8 aromatic rings. The van der Waals surface area contributed by atoms with E-state index in [2.05, 4.69) is 269 Å². The molecule has 0 spiro atoms. The maximum atomic E-state index is 2.85. The Balaban J connectivity index is 1.19. The van der Waals surface area contributed by atoms with E-state index >= 15 is 0 Å². The second kappa shape index (κ2) is 16.4. The molecule has 0 saturated carbocycles. The number of hydrogen-bond donors (Lipinski definition) is 0. The maximum Gasteiger partial charge on any atom is 0.264 e. The zero-order valence-electron chi connectivity index (χ0n) is 48.9. The summed E-state index contributed by atoms with van der Waals surface area (Å²) in [7, 11) is 0. The van der Waals surface area contributed by atoms with Crippen molar-refractivity contribution in [2.24, 2.45) is 0 Å². The predicted molar refractivity (Wildman–Crippen MR) is 336 cm³/mol. The third-order valence-corrected chi connectivity index (χ3v) is 22.1. The number of fused-ring (bicyclic) bond motifs is 11. The highest BCUT2D eigenvalue weighted by molar-refractivity contribution is 7.29. The van der Waals surface area contributed by atoms with E-state index in [-0.39, 0.29) is 44.6 Å². The van der Waals surface area contributed by atoms with Crippen LogP contribution in [-0.2, 0) is 37.9 Å². The van der Waals surface area contributed by atoms with Crippen molar-refractivity contribution in [3.63, 3.8) is 0 Å². The van der Waals surface area contributed by atoms with Crippen molar-refractivity contribution in [3.8, 4) is 11.1 Å². The molecule has 1 aromatic heterocycles. The zero-order chi connectivity index (χ0) is 54.4. The molecule has 14 rings (SSSR count). The second-order valence-electron chi connectivity index (χ2n) is 28.9. The van der Waals surface area contributed by atoms with E-state index in [1.54, 1.807) is 32.7 Å².